The second kappa shape index (κ2) is 5.63. The molecule has 0 aromatic heterocycles. The Morgan fingerprint density at radius 1 is 1.45 bits per heavy atom. The molecule has 2 aliphatic heterocycles. The number of thioether (sulfide) groups is 1. The van der Waals surface area contributed by atoms with Crippen LogP contribution in [0.5, 0.6) is 0 Å². The van der Waals surface area contributed by atoms with Crippen molar-refractivity contribution in [3.05, 3.63) is 30.3 Å². The van der Waals surface area contributed by atoms with E-state index in [1.165, 1.54) is 11.8 Å². The van der Waals surface area contributed by atoms with Crippen LogP contribution in [0.4, 0.5) is 5.69 Å². The molecule has 3 rings (SSSR count). The number of carbonyl (C=O) groups excluding carboxylic acids is 1. The molecule has 2 N–H and O–H groups in total. The summed E-state index contributed by atoms with van der Waals surface area (Å²) < 4.78 is 0. The summed E-state index contributed by atoms with van der Waals surface area (Å²) in [5, 5.41) is 9.32. The first kappa shape index (κ1) is 13.1. The Balaban J connectivity index is 1.98. The van der Waals surface area contributed by atoms with E-state index < -0.39 is 0 Å². The van der Waals surface area contributed by atoms with Crippen LogP contribution < -0.4 is 15.8 Å². The summed E-state index contributed by atoms with van der Waals surface area (Å²) in [4.78, 5) is 18.8. The summed E-state index contributed by atoms with van der Waals surface area (Å²) in [6, 6.07) is 11.5. The number of aliphatic imine (C=N–C) groups is 1. The van der Waals surface area contributed by atoms with E-state index in [0.29, 0.717) is 11.7 Å². The molecule has 2 unspecified atom stereocenters. The molecule has 2 atom stereocenters. The average molecular weight is 287 g/mol. The number of para-hydroxylation sites is 1. The maximum Gasteiger partial charge on any atom is 0.241 e. The van der Waals surface area contributed by atoms with Crippen molar-refractivity contribution in [1.82, 2.24) is 10.9 Å². The number of fused-ring (bicyclic) bond motifs is 1. The highest BCUT2D eigenvalue weighted by molar-refractivity contribution is 8.14. The van der Waals surface area contributed by atoms with E-state index in [4.69, 9.17) is 5.26 Å². The lowest BCUT2D eigenvalue weighted by Gasteiger charge is -2.32. The molecule has 7 heteroatoms. The maximum atomic E-state index is 12.6. The van der Waals surface area contributed by atoms with Gasteiger partial charge in [0.25, 0.3) is 0 Å². The van der Waals surface area contributed by atoms with E-state index >= 15 is 0 Å². The summed E-state index contributed by atoms with van der Waals surface area (Å²) in [6.45, 7) is 0.562. The zero-order valence-electron chi connectivity index (χ0n) is 10.6. The van der Waals surface area contributed by atoms with Crippen molar-refractivity contribution in [2.75, 3.05) is 17.2 Å². The number of carbonyl (C=O) groups is 1. The Kier molecular flexibility index (Phi) is 3.69. The summed E-state index contributed by atoms with van der Waals surface area (Å²) in [6.07, 6.45) is -0.247. The van der Waals surface area contributed by atoms with Crippen LogP contribution in [0.25, 0.3) is 0 Å². The van der Waals surface area contributed by atoms with Crippen molar-refractivity contribution in [3.8, 4) is 6.07 Å². The van der Waals surface area contributed by atoms with Crippen LogP contribution in [-0.4, -0.2) is 29.5 Å². The Morgan fingerprint density at radius 3 is 3.00 bits per heavy atom. The molecule has 0 spiro atoms. The predicted molar refractivity (Wildman–Crippen MR) is 77.9 cm³/mol. The monoisotopic (exact) mass is 287 g/mol. The molecule has 20 heavy (non-hydrogen) atoms. The van der Waals surface area contributed by atoms with Gasteiger partial charge >= 0.3 is 0 Å². The molecule has 0 bridgehead atoms. The quantitative estimate of drug-likeness (QED) is 0.837. The highest BCUT2D eigenvalue weighted by Crippen LogP contribution is 2.28. The molecule has 1 saturated heterocycles. The second-order valence-electron chi connectivity index (χ2n) is 4.44. The maximum absolute atomic E-state index is 12.6. The molecule has 0 aliphatic carbocycles. The highest BCUT2D eigenvalue weighted by atomic mass is 32.2. The van der Waals surface area contributed by atoms with Gasteiger partial charge in [-0.15, -0.1) is 0 Å². The fourth-order valence-corrected chi connectivity index (χ4v) is 2.99. The first-order chi connectivity index (χ1) is 9.81. The average Bonchev–Trinajstić information content (AvgIpc) is 2.95. The van der Waals surface area contributed by atoms with Crippen molar-refractivity contribution in [2.24, 2.45) is 10.9 Å². The van der Waals surface area contributed by atoms with Gasteiger partial charge in [-0.3, -0.25) is 15.1 Å². The smallest absolute Gasteiger partial charge is 0.241 e. The molecule has 1 aromatic carbocycles. The van der Waals surface area contributed by atoms with E-state index in [1.807, 2.05) is 30.3 Å². The summed E-state index contributed by atoms with van der Waals surface area (Å²) >= 11 is 1.28. The number of nitrogens with one attached hydrogen (secondary N) is 2. The third-order valence-electron chi connectivity index (χ3n) is 3.21. The molecule has 1 amide bonds. The lowest BCUT2D eigenvalue weighted by molar-refractivity contribution is -0.121. The fourth-order valence-electron chi connectivity index (χ4n) is 2.28. The van der Waals surface area contributed by atoms with Crippen molar-refractivity contribution in [3.63, 3.8) is 0 Å². The Bertz CT molecular complexity index is 582. The number of anilines is 1. The molecular formula is C13H13N5OS. The lowest BCUT2D eigenvalue weighted by atomic mass is 10.1. The topological polar surface area (TPSA) is 80.5 Å². The Morgan fingerprint density at radius 2 is 2.25 bits per heavy atom. The van der Waals surface area contributed by atoms with Gasteiger partial charge in [0, 0.05) is 6.54 Å². The predicted octanol–water partition coefficient (Wildman–Crippen LogP) is 0.696. The number of amides is 1. The highest BCUT2D eigenvalue weighted by Gasteiger charge is 2.42. The van der Waals surface area contributed by atoms with Crippen LogP contribution in [0, 0.1) is 17.2 Å². The van der Waals surface area contributed by atoms with Crippen molar-refractivity contribution < 1.29 is 4.79 Å². The molecule has 1 fully saturated rings. The molecule has 0 radical (unpaired) electrons. The minimum absolute atomic E-state index is 0.00846. The molecular weight excluding hydrogens is 274 g/mol. The molecule has 0 saturated carbocycles. The molecule has 1 aromatic rings. The molecule has 102 valence electrons. The SMILES string of the molecule is N#CCSC1=NC2NNCC2C(=O)N1c1ccccc1. The van der Waals surface area contributed by atoms with Crippen molar-refractivity contribution in [1.29, 1.82) is 5.26 Å². The number of nitrogens with zero attached hydrogens (tertiary/aromatic N) is 3. The third-order valence-corrected chi connectivity index (χ3v) is 4.03. The first-order valence-electron chi connectivity index (χ1n) is 6.26. The van der Waals surface area contributed by atoms with Gasteiger partial charge < -0.3 is 0 Å². The van der Waals surface area contributed by atoms with Gasteiger partial charge in [0.15, 0.2) is 5.17 Å². The van der Waals surface area contributed by atoms with Gasteiger partial charge in [0.1, 0.15) is 6.17 Å². The van der Waals surface area contributed by atoms with E-state index in [2.05, 4.69) is 21.9 Å². The van der Waals surface area contributed by atoms with Crippen molar-refractivity contribution >= 4 is 28.5 Å². The van der Waals surface area contributed by atoms with Crippen LogP contribution in [0.3, 0.4) is 0 Å². The Labute approximate surface area is 120 Å². The van der Waals surface area contributed by atoms with Crippen molar-refractivity contribution in [2.45, 2.75) is 6.17 Å². The minimum Gasteiger partial charge on any atom is -0.274 e. The zero-order valence-corrected chi connectivity index (χ0v) is 11.4. The normalized spacial score (nSPS) is 25.1. The second-order valence-corrected chi connectivity index (χ2v) is 5.39. The van der Waals surface area contributed by atoms with Gasteiger partial charge in [-0.05, 0) is 12.1 Å². The fraction of sp³-hybridized carbons (Fsp3) is 0.308. The number of benzene rings is 1. The minimum atomic E-state index is -0.247. The summed E-state index contributed by atoms with van der Waals surface area (Å²) in [5.74, 6) is 0.0658. The van der Waals surface area contributed by atoms with Gasteiger partial charge in [-0.1, -0.05) is 30.0 Å². The van der Waals surface area contributed by atoms with E-state index in [9.17, 15) is 4.79 Å². The largest absolute Gasteiger partial charge is 0.274 e. The molecule has 2 aliphatic rings. The molecule has 2 heterocycles. The standard InChI is InChI=1S/C13H13N5OS/c14-6-7-20-13-16-11-10(8-15-17-11)12(19)18(13)9-4-2-1-3-5-9/h1-5,10-11,15,17H,7-8H2. The van der Waals surface area contributed by atoms with Crippen LogP contribution >= 0.6 is 11.8 Å². The van der Waals surface area contributed by atoms with Gasteiger partial charge in [-0.25, -0.2) is 10.4 Å². The number of hydrogen-bond acceptors (Lipinski definition) is 6. The van der Waals surface area contributed by atoms with Crippen LogP contribution in [-0.2, 0) is 4.79 Å². The number of amidine groups is 1. The first-order valence-corrected chi connectivity index (χ1v) is 7.25. The third kappa shape index (κ3) is 2.29. The van der Waals surface area contributed by atoms with Gasteiger partial charge in [0.2, 0.25) is 5.91 Å². The summed E-state index contributed by atoms with van der Waals surface area (Å²) in [5.41, 5.74) is 6.73. The van der Waals surface area contributed by atoms with Gasteiger partial charge in [-0.2, -0.15) is 5.26 Å². The zero-order chi connectivity index (χ0) is 13.9. The number of hydrogen-bond donors (Lipinski definition) is 2. The van der Waals surface area contributed by atoms with E-state index in [0.717, 1.165) is 5.69 Å². The van der Waals surface area contributed by atoms with Crippen LogP contribution in [0.2, 0.25) is 0 Å². The lowest BCUT2D eigenvalue weighted by Crippen LogP contribution is -2.49. The Hall–Kier alpha value is -1.88. The van der Waals surface area contributed by atoms with E-state index in [1.54, 1.807) is 4.90 Å². The van der Waals surface area contributed by atoms with Crippen LogP contribution in [0.1, 0.15) is 0 Å². The summed E-state index contributed by atoms with van der Waals surface area (Å²) in [7, 11) is 0. The van der Waals surface area contributed by atoms with Crippen LogP contribution in [0.15, 0.2) is 35.3 Å². The van der Waals surface area contributed by atoms with E-state index in [-0.39, 0.29) is 23.7 Å². The number of nitriles is 1. The van der Waals surface area contributed by atoms with Gasteiger partial charge in [0.05, 0.1) is 23.4 Å². The molecule has 6 nitrogen and oxygen atoms in total. The number of hydrazine groups is 1. The number of rotatable bonds is 2.